The second-order valence-electron chi connectivity index (χ2n) is 5.41. The molecule has 8 nitrogen and oxygen atoms in total. The average Bonchev–Trinajstić information content (AvgIpc) is 2.57. The molecule has 30 heavy (non-hydrogen) atoms. The van der Waals surface area contributed by atoms with E-state index >= 15 is 0 Å². The van der Waals surface area contributed by atoms with Crippen molar-refractivity contribution >= 4 is 20.2 Å². The largest absolute Gasteiger partial charge is 0.459 e. The van der Waals surface area contributed by atoms with E-state index in [1.54, 1.807) is 0 Å². The third-order valence-corrected chi connectivity index (χ3v) is 4.96. The maximum Gasteiger partial charge on any atom is 0.459 e. The monoisotopic (exact) mass is 498 g/mol. The summed E-state index contributed by atoms with van der Waals surface area (Å²) in [6.07, 6.45) is -11.3. The van der Waals surface area contributed by atoms with E-state index in [1.165, 1.54) is 0 Å². The highest BCUT2D eigenvalue weighted by Gasteiger charge is 2.68. The van der Waals surface area contributed by atoms with Crippen molar-refractivity contribution in [2.75, 3.05) is 0 Å². The van der Waals surface area contributed by atoms with Crippen LogP contribution in [0.15, 0.2) is 24.3 Å². The van der Waals surface area contributed by atoms with Crippen molar-refractivity contribution in [1.29, 1.82) is 0 Å². The number of hydrogen-bond acceptors (Lipinski definition) is 6. The van der Waals surface area contributed by atoms with Gasteiger partial charge in [0.2, 0.25) is 0 Å². The van der Waals surface area contributed by atoms with E-state index in [0.717, 1.165) is 24.3 Å². The quantitative estimate of drug-likeness (QED) is 0.373. The molecule has 0 spiro atoms. The Morgan fingerprint density at radius 3 is 1.07 bits per heavy atom. The summed E-state index contributed by atoms with van der Waals surface area (Å²) in [7, 11) is -13.1. The molecule has 174 valence electrons. The zero-order chi connectivity index (χ0) is 23.8. The molecule has 0 unspecified atom stereocenters. The van der Waals surface area contributed by atoms with Crippen molar-refractivity contribution in [3.05, 3.63) is 35.4 Å². The zero-order valence-electron chi connectivity index (χ0n) is 13.9. The lowest BCUT2D eigenvalue weighted by molar-refractivity contribution is -0.323. The van der Waals surface area contributed by atoms with Gasteiger partial charge in [-0.3, -0.25) is 9.11 Å². The molecule has 0 bridgehead atoms. The Morgan fingerprint density at radius 2 is 0.867 bits per heavy atom. The van der Waals surface area contributed by atoms with Crippen LogP contribution in [0.1, 0.15) is 11.1 Å². The predicted molar refractivity (Wildman–Crippen MR) is 78.9 cm³/mol. The van der Waals surface area contributed by atoms with Gasteiger partial charge in [0.25, 0.3) is 0 Å². The van der Waals surface area contributed by atoms with E-state index in [-0.39, 0.29) is 11.1 Å². The lowest BCUT2D eigenvalue weighted by atomic mass is 10.1. The van der Waals surface area contributed by atoms with Gasteiger partial charge in [0, 0.05) is 0 Å². The van der Waals surface area contributed by atoms with Crippen molar-refractivity contribution in [2.45, 2.75) is 35.9 Å². The minimum Gasteiger partial charge on any atom is -0.310 e. The molecule has 0 aliphatic heterocycles. The van der Waals surface area contributed by atoms with Crippen molar-refractivity contribution < 1.29 is 70.5 Å². The molecule has 0 aliphatic rings. The summed E-state index contributed by atoms with van der Waals surface area (Å²) in [4.78, 5) is 0. The SMILES string of the molecule is O=S(=O)(O)C(F)(F)C(F)(F)OCc1ccc(COC(F)(F)C(F)(F)S(=O)(=O)O)cc1. The fraction of sp³-hybridized carbons (Fsp3) is 0.500. The molecule has 0 aromatic heterocycles. The molecule has 0 radical (unpaired) electrons. The highest BCUT2D eigenvalue weighted by atomic mass is 32.2. The molecule has 0 fully saturated rings. The van der Waals surface area contributed by atoms with Crippen LogP contribution in [0.3, 0.4) is 0 Å². The summed E-state index contributed by atoms with van der Waals surface area (Å²) in [5.41, 5.74) is -0.723. The van der Waals surface area contributed by atoms with Crippen molar-refractivity contribution in [1.82, 2.24) is 0 Å². The van der Waals surface area contributed by atoms with E-state index in [1.807, 2.05) is 0 Å². The van der Waals surface area contributed by atoms with Crippen LogP contribution in [0.4, 0.5) is 35.1 Å². The molecule has 0 saturated heterocycles. The number of hydrogen-bond donors (Lipinski definition) is 2. The van der Waals surface area contributed by atoms with Gasteiger partial charge in [0.05, 0.1) is 13.2 Å². The van der Waals surface area contributed by atoms with Gasteiger partial charge in [-0.15, -0.1) is 0 Å². The van der Waals surface area contributed by atoms with Crippen LogP contribution in [0.2, 0.25) is 0 Å². The van der Waals surface area contributed by atoms with Gasteiger partial charge in [-0.25, -0.2) is 0 Å². The first-order valence-corrected chi connectivity index (χ1v) is 9.85. The van der Waals surface area contributed by atoms with E-state index in [0.29, 0.717) is 0 Å². The third-order valence-electron chi connectivity index (χ3n) is 3.19. The van der Waals surface area contributed by atoms with Gasteiger partial charge in [0.1, 0.15) is 0 Å². The summed E-state index contributed by atoms with van der Waals surface area (Å²) in [5.74, 6) is 0. The molecule has 0 amide bonds. The maximum absolute atomic E-state index is 13.2. The molecular formula is C12H10F8O8S2. The summed E-state index contributed by atoms with van der Waals surface area (Å²) in [6.45, 7) is -2.73. The molecule has 2 N–H and O–H groups in total. The van der Waals surface area contributed by atoms with Crippen molar-refractivity contribution in [3.8, 4) is 0 Å². The minimum atomic E-state index is -6.53. The standard InChI is InChI=1S/C12H10F8O8S2/c13-9(14,11(17,18)29(21,22)23)27-5-7-1-2-8(4-3-7)6-28-10(15,16)12(19,20)30(24,25)26/h1-4H,5-6H2,(H,21,22,23)(H,24,25,26). The van der Waals surface area contributed by atoms with Gasteiger partial charge in [-0.1, -0.05) is 24.3 Å². The van der Waals surface area contributed by atoms with Gasteiger partial charge >= 0.3 is 43.0 Å². The molecule has 0 atom stereocenters. The Labute approximate surface area is 162 Å². The van der Waals surface area contributed by atoms with E-state index < -0.39 is 56.2 Å². The molecular weight excluding hydrogens is 488 g/mol. The predicted octanol–water partition coefficient (Wildman–Crippen LogP) is 2.87. The molecule has 0 heterocycles. The highest BCUT2D eigenvalue weighted by Crippen LogP contribution is 2.40. The van der Waals surface area contributed by atoms with Crippen LogP contribution in [0, 0.1) is 0 Å². The lowest BCUT2D eigenvalue weighted by Crippen LogP contribution is -2.48. The number of ether oxygens (including phenoxy) is 2. The van der Waals surface area contributed by atoms with E-state index in [2.05, 4.69) is 9.47 Å². The summed E-state index contributed by atoms with van der Waals surface area (Å²) in [5, 5.41) is -12.0. The van der Waals surface area contributed by atoms with Crippen LogP contribution in [0.5, 0.6) is 0 Å². The van der Waals surface area contributed by atoms with Crippen molar-refractivity contribution in [3.63, 3.8) is 0 Å². The van der Waals surface area contributed by atoms with Gasteiger partial charge in [-0.05, 0) is 11.1 Å². The van der Waals surface area contributed by atoms with Gasteiger partial charge in [-0.2, -0.15) is 52.0 Å². The Balaban J connectivity index is 2.82. The first kappa shape index (κ1) is 26.4. The topological polar surface area (TPSA) is 127 Å². The summed E-state index contributed by atoms with van der Waals surface area (Å²) >= 11 is 0. The van der Waals surface area contributed by atoms with E-state index in [4.69, 9.17) is 9.11 Å². The molecule has 1 aromatic rings. The van der Waals surface area contributed by atoms with Crippen LogP contribution < -0.4 is 0 Å². The smallest absolute Gasteiger partial charge is 0.310 e. The fourth-order valence-electron chi connectivity index (χ4n) is 1.55. The second-order valence-corrected chi connectivity index (χ2v) is 8.34. The Bertz CT molecular complexity index is 881. The normalized spacial score (nSPS) is 14.7. The number of benzene rings is 1. The first-order valence-electron chi connectivity index (χ1n) is 6.97. The fourth-order valence-corrected chi connectivity index (χ4v) is 2.27. The Kier molecular flexibility index (Phi) is 7.18. The van der Waals surface area contributed by atoms with E-state index in [9.17, 15) is 52.0 Å². The summed E-state index contributed by atoms with van der Waals surface area (Å²) in [6, 6.07) is 3.11. The summed E-state index contributed by atoms with van der Waals surface area (Å²) < 4.78 is 169. The minimum absolute atomic E-state index is 0.361. The number of halogens is 8. The third kappa shape index (κ3) is 5.35. The maximum atomic E-state index is 13.2. The molecule has 18 heteroatoms. The van der Waals surface area contributed by atoms with Crippen LogP contribution in [-0.2, 0) is 42.9 Å². The number of rotatable bonds is 10. The molecule has 0 aliphatic carbocycles. The van der Waals surface area contributed by atoms with Crippen molar-refractivity contribution in [2.24, 2.45) is 0 Å². The van der Waals surface area contributed by atoms with Gasteiger partial charge in [0.15, 0.2) is 0 Å². The van der Waals surface area contributed by atoms with Gasteiger partial charge < -0.3 is 9.47 Å². The Morgan fingerprint density at radius 1 is 0.633 bits per heavy atom. The molecule has 1 rings (SSSR count). The van der Waals surface area contributed by atoms with Crippen LogP contribution in [-0.4, -0.2) is 48.7 Å². The van der Waals surface area contributed by atoms with Crippen LogP contribution in [0.25, 0.3) is 0 Å². The average molecular weight is 498 g/mol. The lowest BCUT2D eigenvalue weighted by Gasteiger charge is -2.24. The highest BCUT2D eigenvalue weighted by molar-refractivity contribution is 7.87. The molecule has 0 saturated carbocycles. The second kappa shape index (κ2) is 8.15. The number of alkyl halides is 8. The zero-order valence-corrected chi connectivity index (χ0v) is 15.5. The first-order chi connectivity index (χ1) is 13.2. The van der Waals surface area contributed by atoms with Crippen LogP contribution >= 0.6 is 0 Å². The Hall–Kier alpha value is -1.60. The molecule has 1 aromatic carbocycles.